The largest absolute Gasteiger partial charge is 0.486 e. The van der Waals surface area contributed by atoms with Gasteiger partial charge in [0, 0.05) is 19.8 Å². The molecule has 1 aromatic rings. The van der Waals surface area contributed by atoms with E-state index in [1.54, 1.807) is 0 Å². The monoisotopic (exact) mass is 341 g/mol. The van der Waals surface area contributed by atoms with Crippen molar-refractivity contribution in [2.24, 2.45) is 5.92 Å². The molecule has 5 heteroatoms. The number of ether oxygens (including phenoxy) is 3. The van der Waals surface area contributed by atoms with Gasteiger partial charge in [-0.3, -0.25) is 0 Å². The van der Waals surface area contributed by atoms with E-state index in [-0.39, 0.29) is 0 Å². The average molecular weight is 342 g/mol. The number of fused-ring (bicyclic) bond motifs is 1. The Labute approximate surface area is 127 Å². The maximum Gasteiger partial charge on any atom is 0.175 e. The molecule has 0 bridgehead atoms. The summed E-state index contributed by atoms with van der Waals surface area (Å²) in [7, 11) is 0. The zero-order chi connectivity index (χ0) is 13.8. The first-order chi connectivity index (χ1) is 9.83. The number of hydrogen-bond donors (Lipinski definition) is 1. The van der Waals surface area contributed by atoms with E-state index in [0.29, 0.717) is 13.2 Å². The van der Waals surface area contributed by atoms with Crippen LogP contribution in [0.2, 0.25) is 0 Å². The van der Waals surface area contributed by atoms with Gasteiger partial charge in [-0.2, -0.15) is 0 Å². The first-order valence-electron chi connectivity index (χ1n) is 7.19. The SMILES string of the molecule is Brc1cc(CNCC2CCOCC2)cc2c1OCCO2. The van der Waals surface area contributed by atoms with Crippen LogP contribution in [0.25, 0.3) is 0 Å². The molecule has 1 saturated heterocycles. The van der Waals surface area contributed by atoms with Gasteiger partial charge in [-0.1, -0.05) is 0 Å². The van der Waals surface area contributed by atoms with E-state index < -0.39 is 0 Å². The van der Waals surface area contributed by atoms with Crippen LogP contribution in [0.5, 0.6) is 11.5 Å². The molecule has 0 saturated carbocycles. The Morgan fingerprint density at radius 1 is 1.10 bits per heavy atom. The summed E-state index contributed by atoms with van der Waals surface area (Å²) >= 11 is 3.55. The van der Waals surface area contributed by atoms with E-state index >= 15 is 0 Å². The molecule has 20 heavy (non-hydrogen) atoms. The number of halogens is 1. The smallest absolute Gasteiger partial charge is 0.175 e. The van der Waals surface area contributed by atoms with Crippen molar-refractivity contribution in [1.29, 1.82) is 0 Å². The van der Waals surface area contributed by atoms with Crippen LogP contribution in [-0.4, -0.2) is 33.0 Å². The van der Waals surface area contributed by atoms with Gasteiger partial charge >= 0.3 is 0 Å². The van der Waals surface area contributed by atoms with Crippen LogP contribution in [0, 0.1) is 5.92 Å². The highest BCUT2D eigenvalue weighted by atomic mass is 79.9. The highest BCUT2D eigenvalue weighted by molar-refractivity contribution is 9.10. The first-order valence-corrected chi connectivity index (χ1v) is 7.99. The lowest BCUT2D eigenvalue weighted by atomic mass is 10.0. The topological polar surface area (TPSA) is 39.7 Å². The molecule has 2 heterocycles. The van der Waals surface area contributed by atoms with Crippen molar-refractivity contribution in [1.82, 2.24) is 5.32 Å². The molecule has 0 radical (unpaired) electrons. The molecule has 0 aromatic heterocycles. The fraction of sp³-hybridized carbons (Fsp3) is 0.600. The molecule has 1 aromatic carbocycles. The van der Waals surface area contributed by atoms with Crippen LogP contribution >= 0.6 is 15.9 Å². The van der Waals surface area contributed by atoms with Gasteiger partial charge in [0.2, 0.25) is 0 Å². The first kappa shape index (κ1) is 14.2. The molecule has 1 fully saturated rings. The third kappa shape index (κ3) is 3.45. The van der Waals surface area contributed by atoms with Gasteiger partial charge in [0.25, 0.3) is 0 Å². The molecule has 0 atom stereocenters. The lowest BCUT2D eigenvalue weighted by molar-refractivity contribution is 0.0662. The van der Waals surface area contributed by atoms with E-state index in [1.807, 2.05) is 0 Å². The summed E-state index contributed by atoms with van der Waals surface area (Å²) < 4.78 is 17.6. The van der Waals surface area contributed by atoms with Crippen LogP contribution in [0.4, 0.5) is 0 Å². The Kier molecular flexibility index (Phi) is 4.81. The second kappa shape index (κ2) is 6.78. The van der Waals surface area contributed by atoms with Gasteiger partial charge in [-0.05, 0) is 58.9 Å². The van der Waals surface area contributed by atoms with Crippen LogP contribution < -0.4 is 14.8 Å². The molecule has 1 N–H and O–H groups in total. The van der Waals surface area contributed by atoms with E-state index in [9.17, 15) is 0 Å². The summed E-state index contributed by atoms with van der Waals surface area (Å²) in [6.45, 7) is 4.96. The minimum Gasteiger partial charge on any atom is -0.486 e. The maximum absolute atomic E-state index is 5.64. The highest BCUT2D eigenvalue weighted by Gasteiger charge is 2.17. The molecular formula is C15H20BrNO3. The molecule has 0 spiro atoms. The van der Waals surface area contributed by atoms with Crippen molar-refractivity contribution >= 4 is 15.9 Å². The summed E-state index contributed by atoms with van der Waals surface area (Å²) in [5, 5.41) is 3.53. The zero-order valence-electron chi connectivity index (χ0n) is 11.5. The van der Waals surface area contributed by atoms with E-state index in [4.69, 9.17) is 14.2 Å². The molecule has 110 valence electrons. The number of benzene rings is 1. The summed E-state index contributed by atoms with van der Waals surface area (Å²) in [6, 6.07) is 4.17. The van der Waals surface area contributed by atoms with E-state index in [2.05, 4.69) is 33.4 Å². The maximum atomic E-state index is 5.64. The minimum atomic E-state index is 0.618. The molecule has 3 rings (SSSR count). The fourth-order valence-electron chi connectivity index (χ4n) is 2.64. The van der Waals surface area contributed by atoms with Crippen LogP contribution in [0.1, 0.15) is 18.4 Å². The predicted molar refractivity (Wildman–Crippen MR) is 80.4 cm³/mol. The van der Waals surface area contributed by atoms with Gasteiger partial charge < -0.3 is 19.5 Å². The van der Waals surface area contributed by atoms with Crippen molar-refractivity contribution in [3.05, 3.63) is 22.2 Å². The second-order valence-corrected chi connectivity index (χ2v) is 6.14. The summed E-state index contributed by atoms with van der Waals surface area (Å²) in [5.41, 5.74) is 1.22. The Balaban J connectivity index is 1.56. The summed E-state index contributed by atoms with van der Waals surface area (Å²) in [4.78, 5) is 0. The Morgan fingerprint density at radius 2 is 1.90 bits per heavy atom. The predicted octanol–water partition coefficient (Wildman–Crippen LogP) is 2.74. The Bertz CT molecular complexity index is 461. The third-order valence-electron chi connectivity index (χ3n) is 3.76. The summed E-state index contributed by atoms with van der Waals surface area (Å²) in [5.74, 6) is 2.40. The highest BCUT2D eigenvalue weighted by Crippen LogP contribution is 2.38. The van der Waals surface area contributed by atoms with Crippen molar-refractivity contribution in [3.63, 3.8) is 0 Å². The van der Waals surface area contributed by atoms with Gasteiger partial charge in [0.1, 0.15) is 13.2 Å². The molecular weight excluding hydrogens is 322 g/mol. The number of hydrogen-bond acceptors (Lipinski definition) is 4. The van der Waals surface area contributed by atoms with Gasteiger partial charge in [-0.25, -0.2) is 0 Å². The Hall–Kier alpha value is -0.780. The lowest BCUT2D eigenvalue weighted by Crippen LogP contribution is -2.27. The van der Waals surface area contributed by atoms with E-state index in [1.165, 1.54) is 5.56 Å². The van der Waals surface area contributed by atoms with Crippen LogP contribution in [0.3, 0.4) is 0 Å². The van der Waals surface area contributed by atoms with Crippen molar-refractivity contribution in [2.45, 2.75) is 19.4 Å². The molecule has 0 unspecified atom stereocenters. The van der Waals surface area contributed by atoms with Gasteiger partial charge in [0.15, 0.2) is 11.5 Å². The molecule has 4 nitrogen and oxygen atoms in total. The average Bonchev–Trinajstić information content (AvgIpc) is 2.48. The van der Waals surface area contributed by atoms with Crippen molar-refractivity contribution < 1.29 is 14.2 Å². The lowest BCUT2D eigenvalue weighted by Gasteiger charge is -2.23. The third-order valence-corrected chi connectivity index (χ3v) is 4.35. The quantitative estimate of drug-likeness (QED) is 0.913. The molecule has 2 aliphatic heterocycles. The minimum absolute atomic E-state index is 0.618. The van der Waals surface area contributed by atoms with E-state index in [0.717, 1.165) is 61.0 Å². The normalized spacial score (nSPS) is 19.1. The second-order valence-electron chi connectivity index (χ2n) is 5.29. The van der Waals surface area contributed by atoms with Crippen LogP contribution in [0.15, 0.2) is 16.6 Å². The standard InChI is InChI=1S/C15H20BrNO3/c16-13-7-12(8-14-15(13)20-6-5-19-14)10-17-9-11-1-3-18-4-2-11/h7-8,11,17H,1-6,9-10H2. The zero-order valence-corrected chi connectivity index (χ0v) is 13.1. The molecule has 0 amide bonds. The van der Waals surface area contributed by atoms with Crippen molar-refractivity contribution in [2.75, 3.05) is 33.0 Å². The van der Waals surface area contributed by atoms with Gasteiger partial charge in [0.05, 0.1) is 4.47 Å². The van der Waals surface area contributed by atoms with Crippen LogP contribution in [-0.2, 0) is 11.3 Å². The fourth-order valence-corrected chi connectivity index (χ4v) is 3.24. The number of nitrogens with one attached hydrogen (secondary N) is 1. The van der Waals surface area contributed by atoms with Gasteiger partial charge in [-0.15, -0.1) is 0 Å². The summed E-state index contributed by atoms with van der Waals surface area (Å²) in [6.07, 6.45) is 2.33. The molecule has 2 aliphatic rings. The molecule has 0 aliphatic carbocycles. The van der Waals surface area contributed by atoms with Crippen molar-refractivity contribution in [3.8, 4) is 11.5 Å². The number of rotatable bonds is 4. The Morgan fingerprint density at radius 3 is 2.75 bits per heavy atom.